The first-order valence-corrected chi connectivity index (χ1v) is 11.1. The highest BCUT2D eigenvalue weighted by Gasteiger charge is 2.30. The van der Waals surface area contributed by atoms with E-state index < -0.39 is 11.9 Å². The van der Waals surface area contributed by atoms with Crippen molar-refractivity contribution in [1.82, 2.24) is 9.80 Å². The second kappa shape index (κ2) is 10.2. The topological polar surface area (TPSA) is 81.1 Å². The number of rotatable bonds is 3. The maximum Gasteiger partial charge on any atom is 0.328 e. The lowest BCUT2D eigenvalue weighted by molar-refractivity contribution is -0.134. The molecule has 0 amide bonds. The van der Waals surface area contributed by atoms with E-state index >= 15 is 0 Å². The van der Waals surface area contributed by atoms with Crippen molar-refractivity contribution in [2.75, 3.05) is 33.2 Å². The Kier molecular flexibility index (Phi) is 7.65. The van der Waals surface area contributed by atoms with Gasteiger partial charge in [-0.2, -0.15) is 0 Å². The number of nitrogens with zero attached hydrogens (tertiary/aromatic N) is 2. The monoisotopic (exact) mass is 450 g/mol. The number of carbonyl (C=O) groups is 2. The van der Waals surface area contributed by atoms with Crippen LogP contribution < -0.4 is 0 Å². The number of hydrogen-bond acceptors (Lipinski definition) is 6. The summed E-state index contributed by atoms with van der Waals surface area (Å²) in [5, 5.41) is 17.8. The van der Waals surface area contributed by atoms with Crippen LogP contribution in [0.3, 0.4) is 0 Å². The molecule has 2 aliphatic heterocycles. The summed E-state index contributed by atoms with van der Waals surface area (Å²) in [5.74, 6) is -2.65. The second-order valence-corrected chi connectivity index (χ2v) is 9.31. The summed E-state index contributed by atoms with van der Waals surface area (Å²) in [6, 6.07) is 7.94. The Morgan fingerprint density at radius 3 is 2.40 bits per heavy atom. The number of aliphatic carboxylic acids is 2. The summed E-state index contributed by atoms with van der Waals surface area (Å²) in [6.07, 6.45) is 2.10. The Balaban J connectivity index is 0.000000275. The summed E-state index contributed by atoms with van der Waals surface area (Å²) in [4.78, 5) is 25.2. The molecule has 6 nitrogen and oxygen atoms in total. The van der Waals surface area contributed by atoms with E-state index in [-0.39, 0.29) is 5.82 Å². The average molecular weight is 451 g/mol. The number of fused-ring (bicyclic) bond motifs is 2. The fourth-order valence-electron chi connectivity index (χ4n) is 3.45. The van der Waals surface area contributed by atoms with Gasteiger partial charge in [0.05, 0.1) is 4.21 Å². The van der Waals surface area contributed by atoms with Gasteiger partial charge in [-0.15, -0.1) is 11.3 Å². The van der Waals surface area contributed by atoms with E-state index in [1.54, 1.807) is 35.2 Å². The van der Waals surface area contributed by atoms with E-state index in [0.29, 0.717) is 18.2 Å². The molecule has 1 fully saturated rings. The zero-order chi connectivity index (χ0) is 21.7. The number of carboxylic acids is 2. The van der Waals surface area contributed by atoms with Crippen LogP contribution in [-0.4, -0.2) is 65.2 Å². The highest BCUT2D eigenvalue weighted by Crippen LogP contribution is 2.45. The number of carboxylic acid groups (broad SMARTS) is 2. The SMILES string of the molecule is CN1CCN(C2Cc3ccc(F)cc3Sc3sccc32)CC1.O=C(O)/C=C/C(=O)O. The molecule has 1 aromatic carbocycles. The van der Waals surface area contributed by atoms with Crippen molar-refractivity contribution in [1.29, 1.82) is 0 Å². The van der Waals surface area contributed by atoms with Gasteiger partial charge in [0.25, 0.3) is 0 Å². The number of benzene rings is 1. The maximum absolute atomic E-state index is 13.6. The van der Waals surface area contributed by atoms with E-state index in [1.165, 1.54) is 15.3 Å². The van der Waals surface area contributed by atoms with Gasteiger partial charge in [-0.05, 0) is 48.2 Å². The molecule has 2 aliphatic rings. The summed E-state index contributed by atoms with van der Waals surface area (Å²) in [6.45, 7) is 4.47. The molecule has 9 heteroatoms. The smallest absolute Gasteiger partial charge is 0.328 e. The minimum atomic E-state index is -1.26. The lowest BCUT2D eigenvalue weighted by Crippen LogP contribution is -2.46. The number of piperazine rings is 1. The van der Waals surface area contributed by atoms with Crippen molar-refractivity contribution in [3.8, 4) is 0 Å². The summed E-state index contributed by atoms with van der Waals surface area (Å²) < 4.78 is 14.9. The summed E-state index contributed by atoms with van der Waals surface area (Å²) in [5.41, 5.74) is 2.70. The third-order valence-corrected chi connectivity index (χ3v) is 7.29. The number of likely N-dealkylation sites (N-methyl/N-ethyl adjacent to an activating group) is 1. The third-order valence-electron chi connectivity index (χ3n) is 5.01. The van der Waals surface area contributed by atoms with Crippen LogP contribution in [0.15, 0.2) is 50.9 Å². The van der Waals surface area contributed by atoms with E-state index in [4.69, 9.17) is 10.2 Å². The molecule has 0 aliphatic carbocycles. The second-order valence-electron chi connectivity index (χ2n) is 7.09. The Morgan fingerprint density at radius 1 is 1.10 bits per heavy atom. The first-order chi connectivity index (χ1) is 14.3. The molecule has 0 radical (unpaired) electrons. The van der Waals surface area contributed by atoms with Crippen LogP contribution >= 0.6 is 23.1 Å². The molecular formula is C21H23FN2O4S2. The quantitative estimate of drug-likeness (QED) is 0.692. The molecular weight excluding hydrogens is 427 g/mol. The van der Waals surface area contributed by atoms with E-state index in [9.17, 15) is 14.0 Å². The van der Waals surface area contributed by atoms with E-state index in [0.717, 1.165) is 37.5 Å². The minimum absolute atomic E-state index is 0.137. The average Bonchev–Trinajstić information content (AvgIpc) is 3.09. The summed E-state index contributed by atoms with van der Waals surface area (Å²) in [7, 11) is 2.19. The molecule has 3 heterocycles. The molecule has 30 heavy (non-hydrogen) atoms. The van der Waals surface area contributed by atoms with Crippen LogP contribution in [0.25, 0.3) is 0 Å². The molecule has 1 atom stereocenters. The maximum atomic E-state index is 13.6. The predicted molar refractivity (Wildman–Crippen MR) is 115 cm³/mol. The molecule has 1 aromatic heterocycles. The Bertz CT molecular complexity index is 923. The van der Waals surface area contributed by atoms with Crippen molar-refractivity contribution >= 4 is 35.0 Å². The zero-order valence-electron chi connectivity index (χ0n) is 16.5. The van der Waals surface area contributed by atoms with Gasteiger partial charge < -0.3 is 15.1 Å². The molecule has 0 spiro atoms. The lowest BCUT2D eigenvalue weighted by atomic mass is 9.99. The first kappa shape index (κ1) is 22.5. The molecule has 2 N–H and O–H groups in total. The van der Waals surface area contributed by atoms with Gasteiger partial charge in [0.15, 0.2) is 0 Å². The molecule has 1 saturated heterocycles. The molecule has 4 rings (SSSR count). The van der Waals surface area contributed by atoms with Crippen LogP contribution in [0, 0.1) is 5.82 Å². The standard InChI is InChI=1S/C17H19FN2S2.C4H4O4/c1-19-5-7-20(8-6-19)15-10-12-2-3-13(18)11-16(12)22-17-14(15)4-9-21-17;5-3(6)1-2-4(7)8/h2-4,9,11,15H,5-8,10H2,1H3;1-2H,(H,5,6)(H,7,8)/b;2-1+. The van der Waals surface area contributed by atoms with Crippen molar-refractivity contribution < 1.29 is 24.2 Å². The lowest BCUT2D eigenvalue weighted by Gasteiger charge is -2.38. The van der Waals surface area contributed by atoms with Crippen molar-refractivity contribution in [2.24, 2.45) is 0 Å². The van der Waals surface area contributed by atoms with Crippen LogP contribution in [0.4, 0.5) is 4.39 Å². The van der Waals surface area contributed by atoms with Gasteiger partial charge in [0.1, 0.15) is 5.82 Å². The van der Waals surface area contributed by atoms with Crippen molar-refractivity contribution in [3.05, 3.63) is 58.7 Å². The van der Waals surface area contributed by atoms with Gasteiger partial charge in [-0.3, -0.25) is 4.90 Å². The fraction of sp³-hybridized carbons (Fsp3) is 0.333. The third kappa shape index (κ3) is 5.91. The molecule has 1 unspecified atom stereocenters. The number of halogens is 1. The van der Waals surface area contributed by atoms with Crippen molar-refractivity contribution in [3.63, 3.8) is 0 Å². The molecule has 2 aromatic rings. The minimum Gasteiger partial charge on any atom is -0.478 e. The highest BCUT2D eigenvalue weighted by atomic mass is 32.2. The normalized spacial score (nSPS) is 19.3. The zero-order valence-corrected chi connectivity index (χ0v) is 18.1. The Labute approximate surface area is 182 Å². The van der Waals surface area contributed by atoms with E-state index in [2.05, 4.69) is 28.3 Å². The highest BCUT2D eigenvalue weighted by molar-refractivity contribution is 8.01. The van der Waals surface area contributed by atoms with Gasteiger partial charge in [0, 0.05) is 49.3 Å². The first-order valence-electron chi connectivity index (χ1n) is 9.43. The summed E-state index contributed by atoms with van der Waals surface area (Å²) >= 11 is 3.51. The Morgan fingerprint density at radius 2 is 1.77 bits per heavy atom. The number of thiophene rings is 1. The van der Waals surface area contributed by atoms with Crippen LogP contribution in [0.2, 0.25) is 0 Å². The van der Waals surface area contributed by atoms with Gasteiger partial charge in [-0.25, -0.2) is 14.0 Å². The number of hydrogen-bond donors (Lipinski definition) is 2. The Hall–Kier alpha value is -2.20. The fourth-order valence-corrected chi connectivity index (χ4v) is 5.73. The van der Waals surface area contributed by atoms with E-state index in [1.807, 2.05) is 6.07 Å². The predicted octanol–water partition coefficient (Wildman–Crippen LogP) is 3.59. The molecule has 160 valence electrons. The van der Waals surface area contributed by atoms with Crippen molar-refractivity contribution in [2.45, 2.75) is 21.6 Å². The van der Waals surface area contributed by atoms with Gasteiger partial charge in [0.2, 0.25) is 0 Å². The molecule has 0 saturated carbocycles. The van der Waals surface area contributed by atoms with Gasteiger partial charge in [-0.1, -0.05) is 17.8 Å². The van der Waals surface area contributed by atoms with Crippen LogP contribution in [0.1, 0.15) is 17.2 Å². The van der Waals surface area contributed by atoms with Crippen LogP contribution in [-0.2, 0) is 16.0 Å². The molecule has 0 bridgehead atoms. The van der Waals surface area contributed by atoms with Gasteiger partial charge >= 0.3 is 11.9 Å². The van der Waals surface area contributed by atoms with Crippen LogP contribution in [0.5, 0.6) is 0 Å². The largest absolute Gasteiger partial charge is 0.478 e.